The van der Waals surface area contributed by atoms with E-state index >= 15 is 0 Å². The van der Waals surface area contributed by atoms with Crippen LogP contribution in [0.5, 0.6) is 5.75 Å². The molecule has 0 saturated carbocycles. The van der Waals surface area contributed by atoms with E-state index in [9.17, 15) is 0 Å². The first kappa shape index (κ1) is 18.3. The third-order valence-corrected chi connectivity index (χ3v) is 5.27. The van der Waals surface area contributed by atoms with Crippen molar-refractivity contribution < 1.29 is 4.74 Å². The smallest absolute Gasteiger partial charge is 0.138 e. The second kappa shape index (κ2) is 7.97. The van der Waals surface area contributed by atoms with Gasteiger partial charge in [-0.2, -0.15) is 0 Å². The number of nitrogens with zero attached hydrogens (tertiary/aromatic N) is 2. The van der Waals surface area contributed by atoms with Crippen LogP contribution in [0.25, 0.3) is 32.9 Å². The SMILES string of the molecule is N[C@H](COc1cnc2ccc(-c3cccnc3)cc2c1)Cc1c[nH]c2ccccc12. The number of ether oxygens (including phenoxy) is 1. The number of aromatic nitrogens is 3. The maximum atomic E-state index is 6.35. The number of hydrogen-bond acceptors (Lipinski definition) is 4. The van der Waals surface area contributed by atoms with Gasteiger partial charge in [0.2, 0.25) is 0 Å². The topological polar surface area (TPSA) is 76.8 Å². The molecule has 0 unspecified atom stereocenters. The molecule has 3 aromatic heterocycles. The summed E-state index contributed by atoms with van der Waals surface area (Å²) < 4.78 is 5.97. The fraction of sp³-hybridized carbons (Fsp3) is 0.120. The minimum Gasteiger partial charge on any atom is -0.490 e. The number of nitrogens with one attached hydrogen (secondary N) is 1. The predicted octanol–water partition coefficient (Wildman–Crippen LogP) is 4.73. The Kier molecular flexibility index (Phi) is 4.87. The third-order valence-electron chi connectivity index (χ3n) is 5.27. The fourth-order valence-electron chi connectivity index (χ4n) is 3.75. The van der Waals surface area contributed by atoms with E-state index in [1.807, 2.05) is 48.8 Å². The number of para-hydroxylation sites is 1. The molecule has 30 heavy (non-hydrogen) atoms. The molecule has 0 aliphatic carbocycles. The van der Waals surface area contributed by atoms with E-state index in [2.05, 4.69) is 39.2 Å². The van der Waals surface area contributed by atoms with Crippen molar-refractivity contribution in [3.05, 3.63) is 91.0 Å². The second-order valence-electron chi connectivity index (χ2n) is 7.45. The lowest BCUT2D eigenvalue weighted by atomic mass is 10.0. The number of benzene rings is 2. The van der Waals surface area contributed by atoms with Crippen molar-refractivity contribution in [2.75, 3.05) is 6.61 Å². The molecule has 3 heterocycles. The molecule has 5 aromatic rings. The number of pyridine rings is 2. The molecular formula is C25H22N4O. The molecule has 0 bridgehead atoms. The van der Waals surface area contributed by atoms with E-state index in [1.165, 1.54) is 10.9 Å². The van der Waals surface area contributed by atoms with Crippen LogP contribution < -0.4 is 10.5 Å². The average Bonchev–Trinajstić information content (AvgIpc) is 3.20. The van der Waals surface area contributed by atoms with Crippen molar-refractivity contribution in [1.29, 1.82) is 0 Å². The van der Waals surface area contributed by atoms with Gasteiger partial charge in [0.25, 0.3) is 0 Å². The first-order valence-electron chi connectivity index (χ1n) is 10.00. The van der Waals surface area contributed by atoms with Crippen molar-refractivity contribution in [3.63, 3.8) is 0 Å². The predicted molar refractivity (Wildman–Crippen MR) is 120 cm³/mol. The lowest BCUT2D eigenvalue weighted by Crippen LogP contribution is -2.30. The molecule has 5 heteroatoms. The van der Waals surface area contributed by atoms with Crippen molar-refractivity contribution in [2.45, 2.75) is 12.5 Å². The van der Waals surface area contributed by atoms with Gasteiger partial charge < -0.3 is 15.5 Å². The van der Waals surface area contributed by atoms with Crippen LogP contribution in [0.2, 0.25) is 0 Å². The number of aromatic amines is 1. The molecule has 0 spiro atoms. The van der Waals surface area contributed by atoms with Crippen LogP contribution >= 0.6 is 0 Å². The molecule has 0 amide bonds. The number of nitrogens with two attached hydrogens (primary N) is 1. The summed E-state index contributed by atoms with van der Waals surface area (Å²) in [6, 6.07) is 20.3. The number of rotatable bonds is 6. The molecule has 1 atom stereocenters. The fourth-order valence-corrected chi connectivity index (χ4v) is 3.75. The summed E-state index contributed by atoms with van der Waals surface area (Å²) >= 11 is 0. The molecule has 0 aliphatic rings. The van der Waals surface area contributed by atoms with E-state index in [1.54, 1.807) is 12.4 Å². The maximum absolute atomic E-state index is 6.35. The first-order chi connectivity index (χ1) is 14.8. The van der Waals surface area contributed by atoms with Crippen LogP contribution in [0.3, 0.4) is 0 Å². The summed E-state index contributed by atoms with van der Waals surface area (Å²) in [7, 11) is 0. The zero-order valence-corrected chi connectivity index (χ0v) is 16.5. The van der Waals surface area contributed by atoms with Gasteiger partial charge in [0.15, 0.2) is 0 Å². The van der Waals surface area contributed by atoms with Gasteiger partial charge in [-0.05, 0) is 47.9 Å². The van der Waals surface area contributed by atoms with Gasteiger partial charge in [0.05, 0.1) is 11.7 Å². The Morgan fingerprint density at radius 1 is 0.967 bits per heavy atom. The summed E-state index contributed by atoms with van der Waals surface area (Å²) in [5.41, 5.74) is 11.8. The van der Waals surface area contributed by atoms with Gasteiger partial charge in [-0.15, -0.1) is 0 Å². The van der Waals surface area contributed by atoms with Crippen LogP contribution in [0, 0.1) is 0 Å². The highest BCUT2D eigenvalue weighted by atomic mass is 16.5. The molecule has 3 N–H and O–H groups in total. The third kappa shape index (κ3) is 3.75. The van der Waals surface area contributed by atoms with Crippen molar-refractivity contribution in [2.24, 2.45) is 5.73 Å². The molecule has 0 fully saturated rings. The van der Waals surface area contributed by atoms with Gasteiger partial charge in [0, 0.05) is 46.5 Å². The summed E-state index contributed by atoms with van der Waals surface area (Å²) in [6.07, 6.45) is 8.17. The Morgan fingerprint density at radius 2 is 1.90 bits per heavy atom. The van der Waals surface area contributed by atoms with Gasteiger partial charge in [-0.25, -0.2) is 0 Å². The number of fused-ring (bicyclic) bond motifs is 2. The van der Waals surface area contributed by atoms with Crippen LogP contribution in [0.1, 0.15) is 5.56 Å². The van der Waals surface area contributed by atoms with Crippen molar-refractivity contribution in [1.82, 2.24) is 15.0 Å². The van der Waals surface area contributed by atoms with Crippen LogP contribution in [0.4, 0.5) is 0 Å². The molecule has 5 nitrogen and oxygen atoms in total. The maximum Gasteiger partial charge on any atom is 0.138 e. The first-order valence-corrected chi connectivity index (χ1v) is 10.00. The minimum atomic E-state index is -0.110. The Bertz CT molecular complexity index is 1300. The molecule has 0 aliphatic heterocycles. The van der Waals surface area contributed by atoms with Crippen molar-refractivity contribution in [3.8, 4) is 16.9 Å². The number of H-pyrrole nitrogens is 1. The number of hydrogen-bond donors (Lipinski definition) is 2. The van der Waals surface area contributed by atoms with E-state index in [0.717, 1.165) is 39.7 Å². The Morgan fingerprint density at radius 3 is 2.80 bits per heavy atom. The van der Waals surface area contributed by atoms with E-state index < -0.39 is 0 Å². The highest BCUT2D eigenvalue weighted by Crippen LogP contribution is 2.25. The molecular weight excluding hydrogens is 372 g/mol. The molecule has 148 valence electrons. The highest BCUT2D eigenvalue weighted by molar-refractivity contribution is 5.85. The molecule has 5 rings (SSSR count). The van der Waals surface area contributed by atoms with E-state index in [-0.39, 0.29) is 6.04 Å². The largest absolute Gasteiger partial charge is 0.490 e. The van der Waals surface area contributed by atoms with Gasteiger partial charge >= 0.3 is 0 Å². The molecule has 0 radical (unpaired) electrons. The normalized spacial score (nSPS) is 12.3. The van der Waals surface area contributed by atoms with Crippen molar-refractivity contribution >= 4 is 21.8 Å². The highest BCUT2D eigenvalue weighted by Gasteiger charge is 2.10. The standard InChI is InChI=1S/C25H22N4O/c26-21(11-20-14-28-25-6-2-1-5-23(20)25)16-30-22-12-19-10-17(7-8-24(19)29-15-22)18-4-3-9-27-13-18/h1-10,12-15,21,28H,11,16,26H2/t21-/m0/s1. The monoisotopic (exact) mass is 394 g/mol. The summed E-state index contributed by atoms with van der Waals surface area (Å²) in [4.78, 5) is 12.0. The van der Waals surface area contributed by atoms with Crippen LogP contribution in [-0.2, 0) is 6.42 Å². The Hall–Kier alpha value is -3.70. The van der Waals surface area contributed by atoms with Gasteiger partial charge in [0.1, 0.15) is 12.4 Å². The van der Waals surface area contributed by atoms with E-state index in [0.29, 0.717) is 6.61 Å². The second-order valence-corrected chi connectivity index (χ2v) is 7.45. The van der Waals surface area contributed by atoms with Gasteiger partial charge in [-0.3, -0.25) is 9.97 Å². The lowest BCUT2D eigenvalue weighted by molar-refractivity contribution is 0.287. The molecule has 0 saturated heterocycles. The zero-order valence-electron chi connectivity index (χ0n) is 16.5. The minimum absolute atomic E-state index is 0.110. The molecule has 2 aromatic carbocycles. The summed E-state index contributed by atoms with van der Waals surface area (Å²) in [6.45, 7) is 0.426. The quantitative estimate of drug-likeness (QED) is 0.437. The van der Waals surface area contributed by atoms with Crippen LogP contribution in [-0.4, -0.2) is 27.6 Å². The summed E-state index contributed by atoms with van der Waals surface area (Å²) in [5.74, 6) is 0.722. The average molecular weight is 394 g/mol. The van der Waals surface area contributed by atoms with Gasteiger partial charge in [-0.1, -0.05) is 30.3 Å². The Labute approximate surface area is 174 Å². The van der Waals surface area contributed by atoms with Crippen LogP contribution in [0.15, 0.2) is 85.5 Å². The van der Waals surface area contributed by atoms with E-state index in [4.69, 9.17) is 10.5 Å². The lowest BCUT2D eigenvalue weighted by Gasteiger charge is -2.13. The summed E-state index contributed by atoms with van der Waals surface area (Å²) in [5, 5.41) is 2.24. The Balaban J connectivity index is 1.30. The zero-order chi connectivity index (χ0) is 20.3.